The van der Waals surface area contributed by atoms with Crippen molar-refractivity contribution in [2.24, 2.45) is 5.10 Å². The van der Waals surface area contributed by atoms with Gasteiger partial charge in [-0.25, -0.2) is 18.6 Å². The molecular formula is C27H28ClN3O9S. The van der Waals surface area contributed by atoms with Crippen LogP contribution in [0.1, 0.15) is 5.56 Å². The summed E-state index contributed by atoms with van der Waals surface area (Å²) in [5, 5.41) is 4.14. The number of nitrogens with one attached hydrogen (secondary N) is 1. The van der Waals surface area contributed by atoms with Gasteiger partial charge < -0.3 is 23.7 Å². The molecule has 0 aromatic heterocycles. The van der Waals surface area contributed by atoms with Gasteiger partial charge in [0.25, 0.3) is 15.9 Å². The first-order valence-electron chi connectivity index (χ1n) is 11.8. The van der Waals surface area contributed by atoms with Crippen LogP contribution in [0.5, 0.6) is 23.0 Å². The second-order valence-corrected chi connectivity index (χ2v) is 10.4. The Bertz CT molecular complexity index is 1510. The van der Waals surface area contributed by atoms with E-state index >= 15 is 0 Å². The molecule has 3 rings (SSSR count). The molecule has 0 bridgehead atoms. The highest BCUT2D eigenvalue weighted by Gasteiger charge is 2.30. The maximum Gasteiger partial charge on any atom is 0.343 e. The van der Waals surface area contributed by atoms with Crippen LogP contribution < -0.4 is 28.7 Å². The molecule has 41 heavy (non-hydrogen) atoms. The van der Waals surface area contributed by atoms with Crippen LogP contribution in [-0.4, -0.2) is 68.1 Å². The molecule has 3 aromatic carbocycles. The number of hydrazone groups is 1. The van der Waals surface area contributed by atoms with Crippen LogP contribution in [0.4, 0.5) is 5.69 Å². The van der Waals surface area contributed by atoms with Gasteiger partial charge in [-0.1, -0.05) is 11.6 Å². The lowest BCUT2D eigenvalue weighted by Crippen LogP contribution is -2.39. The largest absolute Gasteiger partial charge is 0.495 e. The van der Waals surface area contributed by atoms with E-state index in [0.717, 1.165) is 4.31 Å². The number of halogens is 1. The topological polar surface area (TPSA) is 142 Å². The number of esters is 1. The molecule has 0 aliphatic carbocycles. The van der Waals surface area contributed by atoms with Crippen molar-refractivity contribution in [1.82, 2.24) is 5.43 Å². The zero-order valence-electron chi connectivity index (χ0n) is 22.6. The predicted octanol–water partition coefficient (Wildman–Crippen LogP) is 3.26. The molecule has 0 aliphatic heterocycles. The fraction of sp³-hybridized carbons (Fsp3) is 0.222. The van der Waals surface area contributed by atoms with Crippen molar-refractivity contribution < 1.29 is 41.7 Å². The van der Waals surface area contributed by atoms with Gasteiger partial charge in [-0.2, -0.15) is 5.10 Å². The van der Waals surface area contributed by atoms with Crippen molar-refractivity contribution in [3.8, 4) is 23.0 Å². The SMILES string of the molecule is COC(=O)COc1ccc(/C=N\NC(=O)CN(c2cc(Cl)ccc2OC)S(=O)(=O)c2ccc(OC)c(OC)c2)cc1. The number of benzene rings is 3. The molecule has 0 aliphatic rings. The van der Waals surface area contributed by atoms with E-state index in [-0.39, 0.29) is 33.7 Å². The lowest BCUT2D eigenvalue weighted by molar-refractivity contribution is -0.142. The monoisotopic (exact) mass is 605 g/mol. The van der Waals surface area contributed by atoms with Crippen LogP contribution in [-0.2, 0) is 24.3 Å². The Balaban J connectivity index is 1.84. The van der Waals surface area contributed by atoms with Crippen molar-refractivity contribution >= 4 is 45.4 Å². The minimum Gasteiger partial charge on any atom is -0.495 e. The highest BCUT2D eigenvalue weighted by molar-refractivity contribution is 7.92. The normalized spacial score (nSPS) is 11.0. The van der Waals surface area contributed by atoms with E-state index in [1.54, 1.807) is 24.3 Å². The van der Waals surface area contributed by atoms with Crippen LogP contribution in [0.2, 0.25) is 5.02 Å². The van der Waals surface area contributed by atoms with Gasteiger partial charge in [0, 0.05) is 11.1 Å². The number of carbonyl (C=O) groups is 2. The van der Waals surface area contributed by atoms with Gasteiger partial charge in [0.05, 0.1) is 45.2 Å². The Morgan fingerprint density at radius 3 is 2.20 bits per heavy atom. The summed E-state index contributed by atoms with van der Waals surface area (Å²) in [6.45, 7) is -0.898. The summed E-state index contributed by atoms with van der Waals surface area (Å²) in [5.74, 6) is -0.149. The maximum absolute atomic E-state index is 13.8. The van der Waals surface area contributed by atoms with E-state index in [2.05, 4.69) is 15.3 Å². The van der Waals surface area contributed by atoms with Crippen LogP contribution in [0.25, 0.3) is 0 Å². The Labute approximate surface area is 242 Å². The van der Waals surface area contributed by atoms with E-state index in [0.29, 0.717) is 17.1 Å². The molecule has 1 N–H and O–H groups in total. The number of rotatable bonds is 13. The first kappa shape index (κ1) is 31.0. The Morgan fingerprint density at radius 2 is 1.56 bits per heavy atom. The number of hydrogen-bond donors (Lipinski definition) is 1. The van der Waals surface area contributed by atoms with Crippen LogP contribution in [0.3, 0.4) is 0 Å². The van der Waals surface area contributed by atoms with E-state index in [4.69, 9.17) is 30.5 Å². The molecule has 0 unspecified atom stereocenters. The molecule has 1 amide bonds. The molecule has 0 fully saturated rings. The van der Waals surface area contributed by atoms with E-state index in [1.807, 2.05) is 0 Å². The van der Waals surface area contributed by atoms with Gasteiger partial charge in [0.15, 0.2) is 18.1 Å². The summed E-state index contributed by atoms with van der Waals surface area (Å²) in [6, 6.07) is 14.9. The third kappa shape index (κ3) is 8.02. The maximum atomic E-state index is 13.8. The molecule has 12 nitrogen and oxygen atoms in total. The quantitative estimate of drug-likeness (QED) is 0.176. The van der Waals surface area contributed by atoms with Crippen molar-refractivity contribution in [3.63, 3.8) is 0 Å². The minimum absolute atomic E-state index is 0.0384. The zero-order valence-corrected chi connectivity index (χ0v) is 24.2. The van der Waals surface area contributed by atoms with Gasteiger partial charge in [0.1, 0.15) is 18.0 Å². The summed E-state index contributed by atoms with van der Waals surface area (Å²) in [7, 11) is 1.07. The van der Waals surface area contributed by atoms with Gasteiger partial charge >= 0.3 is 5.97 Å². The van der Waals surface area contributed by atoms with Crippen molar-refractivity contribution in [1.29, 1.82) is 0 Å². The zero-order chi connectivity index (χ0) is 30.0. The van der Waals surface area contributed by atoms with Crippen LogP contribution in [0, 0.1) is 0 Å². The molecule has 3 aromatic rings. The molecular weight excluding hydrogens is 578 g/mol. The number of carbonyl (C=O) groups excluding carboxylic acids is 2. The van der Waals surface area contributed by atoms with Crippen LogP contribution in [0.15, 0.2) is 70.7 Å². The number of nitrogens with zero attached hydrogens (tertiary/aromatic N) is 2. The lowest BCUT2D eigenvalue weighted by atomic mass is 10.2. The Hall–Kier alpha value is -4.49. The molecule has 0 radical (unpaired) electrons. The molecule has 0 saturated carbocycles. The summed E-state index contributed by atoms with van der Waals surface area (Å²) in [5.41, 5.74) is 2.96. The number of anilines is 1. The minimum atomic E-state index is -4.35. The first-order valence-corrected chi connectivity index (χ1v) is 13.6. The van der Waals surface area contributed by atoms with Crippen molar-refractivity contribution in [2.75, 3.05) is 45.9 Å². The van der Waals surface area contributed by atoms with Crippen molar-refractivity contribution in [2.45, 2.75) is 4.90 Å². The van der Waals surface area contributed by atoms with E-state index in [9.17, 15) is 18.0 Å². The molecule has 0 spiro atoms. The number of ether oxygens (including phenoxy) is 5. The van der Waals surface area contributed by atoms with Gasteiger partial charge in [0.2, 0.25) is 0 Å². The fourth-order valence-corrected chi connectivity index (χ4v) is 5.06. The van der Waals surface area contributed by atoms with Gasteiger partial charge in [-0.15, -0.1) is 0 Å². The molecule has 14 heteroatoms. The highest BCUT2D eigenvalue weighted by Crippen LogP contribution is 2.37. The highest BCUT2D eigenvalue weighted by atomic mass is 35.5. The smallest absolute Gasteiger partial charge is 0.343 e. The average molecular weight is 606 g/mol. The summed E-state index contributed by atoms with van der Waals surface area (Å²) in [6.07, 6.45) is 1.36. The number of amides is 1. The Morgan fingerprint density at radius 1 is 0.902 bits per heavy atom. The molecule has 0 heterocycles. The first-order chi connectivity index (χ1) is 19.6. The molecule has 218 valence electrons. The summed E-state index contributed by atoms with van der Waals surface area (Å²) >= 11 is 6.17. The predicted molar refractivity (Wildman–Crippen MR) is 152 cm³/mol. The van der Waals surface area contributed by atoms with E-state index < -0.39 is 28.4 Å². The molecule has 0 atom stereocenters. The third-order valence-electron chi connectivity index (χ3n) is 5.51. The summed E-state index contributed by atoms with van der Waals surface area (Å²) < 4.78 is 54.1. The average Bonchev–Trinajstić information content (AvgIpc) is 2.98. The van der Waals surface area contributed by atoms with Crippen molar-refractivity contribution in [3.05, 3.63) is 71.2 Å². The number of sulfonamides is 1. The lowest BCUT2D eigenvalue weighted by Gasteiger charge is -2.25. The molecule has 0 saturated heterocycles. The second-order valence-electron chi connectivity index (χ2n) is 8.07. The number of hydrogen-bond acceptors (Lipinski definition) is 10. The van der Waals surface area contributed by atoms with Crippen LogP contribution >= 0.6 is 11.6 Å². The fourth-order valence-electron chi connectivity index (χ4n) is 3.46. The summed E-state index contributed by atoms with van der Waals surface area (Å²) in [4.78, 5) is 24.0. The standard InChI is InChI=1S/C27H28ClN3O9S/c1-36-23-11-7-19(28)13-22(23)31(41(34,35)21-10-12-24(37-2)25(14-21)38-3)16-26(32)30-29-15-18-5-8-20(9-6-18)40-17-27(33)39-4/h5-15H,16-17H2,1-4H3,(H,30,32)/b29-15-. The van der Waals surface area contributed by atoms with E-state index in [1.165, 1.54) is 71.1 Å². The third-order valence-corrected chi connectivity index (χ3v) is 7.50. The second kappa shape index (κ2) is 14.2. The van der Waals surface area contributed by atoms with Gasteiger partial charge in [-0.3, -0.25) is 9.10 Å². The van der Waals surface area contributed by atoms with Gasteiger partial charge in [-0.05, 0) is 60.2 Å². The number of methoxy groups -OCH3 is 4. The Kier molecular flexibility index (Phi) is 10.8.